The summed E-state index contributed by atoms with van der Waals surface area (Å²) < 4.78 is 54.3. The fraction of sp³-hybridized carbons (Fsp3) is 0.548. The van der Waals surface area contributed by atoms with Crippen LogP contribution >= 0.6 is 0 Å². The van der Waals surface area contributed by atoms with Gasteiger partial charge in [0.25, 0.3) is 0 Å². The summed E-state index contributed by atoms with van der Waals surface area (Å²) in [5.74, 6) is 2.47. The lowest BCUT2D eigenvalue weighted by atomic mass is 9.95. The highest BCUT2D eigenvalue weighted by atomic mass is 28.3. The second-order valence-corrected chi connectivity index (χ2v) is 22.7. The number of fused-ring (bicyclic) bond motifs is 3. The largest absolute Gasteiger partial charge is 0.508 e. The number of aromatic hydroxyl groups is 1. The van der Waals surface area contributed by atoms with Gasteiger partial charge in [0.2, 0.25) is 0 Å². The van der Waals surface area contributed by atoms with Crippen molar-refractivity contribution in [2.24, 2.45) is 0 Å². The number of hydrogen-bond donors (Lipinski definition) is 2. The van der Waals surface area contributed by atoms with E-state index in [9.17, 15) is 9.50 Å². The van der Waals surface area contributed by atoms with Crippen molar-refractivity contribution in [3.63, 3.8) is 0 Å². The van der Waals surface area contributed by atoms with Gasteiger partial charge in [-0.15, -0.1) is 5.54 Å². The summed E-state index contributed by atoms with van der Waals surface area (Å²) in [7, 11) is -2.27. The number of nitrogens with zero attached hydrogens (tertiary/aromatic N) is 5. The van der Waals surface area contributed by atoms with Crippen LogP contribution in [0.2, 0.25) is 16.6 Å². The minimum Gasteiger partial charge on any atom is -0.508 e. The van der Waals surface area contributed by atoms with Crippen LogP contribution in [-0.4, -0.2) is 89.6 Å². The minimum atomic E-state index is -2.27. The molecule has 1 saturated carbocycles. The summed E-state index contributed by atoms with van der Waals surface area (Å²) in [5.41, 5.74) is 4.50. The maximum absolute atomic E-state index is 17.3. The lowest BCUT2D eigenvalue weighted by molar-refractivity contribution is 0.107. The van der Waals surface area contributed by atoms with E-state index >= 15 is 8.78 Å². The minimum absolute atomic E-state index is 0.00883. The standard InChI is InChI=1S/C42H51F3N6O2Si/c1-25(2)54(26(3)4,27(5)6)17-10-31-34(44)9-8-28-18-30(52)19-32(35(28)31)37-36(45)38-33(21-46-37)39(50-16-14-47-41(23-50)12-13-41)49-40(48-38)53-24-42-11-7-15-51(42)22-29(43)20-42/h8-9,18-19,21,25-27,29,47,52H,7,11-16,20,22-24H2,1-6H3/t29-,42+/m1/s1. The molecule has 2 aromatic carbocycles. The molecule has 1 aliphatic carbocycles. The average molecular weight is 757 g/mol. The third kappa shape index (κ3) is 6.20. The van der Waals surface area contributed by atoms with Crippen molar-refractivity contribution in [2.75, 3.05) is 44.2 Å². The Balaban J connectivity index is 1.29. The Morgan fingerprint density at radius 2 is 1.80 bits per heavy atom. The van der Waals surface area contributed by atoms with Gasteiger partial charge < -0.3 is 20.1 Å². The first-order valence-electron chi connectivity index (χ1n) is 19.6. The number of hydrogen-bond acceptors (Lipinski definition) is 8. The van der Waals surface area contributed by atoms with Gasteiger partial charge in [-0.2, -0.15) is 9.97 Å². The smallest absolute Gasteiger partial charge is 0.319 e. The van der Waals surface area contributed by atoms with Crippen molar-refractivity contribution >= 4 is 35.6 Å². The van der Waals surface area contributed by atoms with Crippen molar-refractivity contribution in [3.05, 3.63) is 47.7 Å². The van der Waals surface area contributed by atoms with Gasteiger partial charge in [0.15, 0.2) is 5.82 Å². The zero-order chi connectivity index (χ0) is 38.2. The van der Waals surface area contributed by atoms with E-state index < -0.39 is 31.4 Å². The van der Waals surface area contributed by atoms with Crippen molar-refractivity contribution in [1.29, 1.82) is 0 Å². The third-order valence-corrected chi connectivity index (χ3v) is 19.3. The first-order valence-corrected chi connectivity index (χ1v) is 21.9. The second-order valence-electron chi connectivity index (χ2n) is 17.2. The van der Waals surface area contributed by atoms with Crippen molar-refractivity contribution in [1.82, 2.24) is 25.2 Å². The molecular weight excluding hydrogens is 706 g/mol. The van der Waals surface area contributed by atoms with Crippen LogP contribution in [0.4, 0.5) is 19.0 Å². The molecule has 286 valence electrons. The molecule has 4 aromatic rings. The molecule has 0 bridgehead atoms. The van der Waals surface area contributed by atoms with E-state index in [0.29, 0.717) is 64.7 Å². The van der Waals surface area contributed by atoms with Gasteiger partial charge in [-0.05, 0) is 72.4 Å². The average Bonchev–Trinajstić information content (AvgIpc) is 3.62. The Labute approximate surface area is 316 Å². The highest BCUT2D eigenvalue weighted by Gasteiger charge is 2.50. The molecule has 8 nitrogen and oxygen atoms in total. The maximum atomic E-state index is 17.3. The van der Waals surface area contributed by atoms with Crippen LogP contribution in [0.25, 0.3) is 32.9 Å². The van der Waals surface area contributed by atoms with E-state index in [4.69, 9.17) is 9.72 Å². The number of piperazine rings is 1. The van der Waals surface area contributed by atoms with Crippen LogP contribution < -0.4 is 15.0 Å². The van der Waals surface area contributed by atoms with Crippen LogP contribution in [0.5, 0.6) is 11.8 Å². The number of ether oxygens (including phenoxy) is 1. The van der Waals surface area contributed by atoms with Crippen molar-refractivity contribution in [3.8, 4) is 34.5 Å². The molecule has 3 saturated heterocycles. The number of alkyl halides is 1. The molecule has 0 radical (unpaired) electrons. The van der Waals surface area contributed by atoms with Gasteiger partial charge in [0.1, 0.15) is 49.4 Å². The van der Waals surface area contributed by atoms with Crippen LogP contribution in [-0.2, 0) is 0 Å². The molecule has 3 aliphatic heterocycles. The molecule has 0 unspecified atom stereocenters. The van der Waals surface area contributed by atoms with E-state index in [1.165, 1.54) is 12.1 Å². The Bertz CT molecular complexity index is 2160. The predicted octanol–water partition coefficient (Wildman–Crippen LogP) is 8.30. The first-order chi connectivity index (χ1) is 25.8. The number of nitrogens with one attached hydrogen (secondary N) is 1. The molecule has 8 rings (SSSR count). The predicted molar refractivity (Wildman–Crippen MR) is 211 cm³/mol. The zero-order valence-corrected chi connectivity index (χ0v) is 33.2. The molecule has 4 fully saturated rings. The number of phenols is 1. The molecule has 2 aromatic heterocycles. The molecular formula is C42H51F3N6O2Si. The highest BCUT2D eigenvalue weighted by Crippen LogP contribution is 2.44. The van der Waals surface area contributed by atoms with E-state index in [2.05, 4.69) is 78.1 Å². The Morgan fingerprint density at radius 3 is 2.52 bits per heavy atom. The Hall–Kier alpha value is -3.92. The van der Waals surface area contributed by atoms with Crippen LogP contribution in [0.15, 0.2) is 30.5 Å². The summed E-state index contributed by atoms with van der Waals surface area (Å²) in [4.78, 5) is 18.5. The summed E-state index contributed by atoms with van der Waals surface area (Å²) in [6, 6.07) is 5.93. The van der Waals surface area contributed by atoms with E-state index in [1.54, 1.807) is 18.3 Å². The molecule has 2 N–H and O–H groups in total. The maximum Gasteiger partial charge on any atom is 0.319 e. The monoisotopic (exact) mass is 756 g/mol. The molecule has 5 heterocycles. The Morgan fingerprint density at radius 1 is 1.04 bits per heavy atom. The van der Waals surface area contributed by atoms with E-state index in [1.807, 2.05) is 0 Å². The third-order valence-electron chi connectivity index (χ3n) is 13.0. The number of rotatable bonds is 8. The lowest BCUT2D eigenvalue weighted by Gasteiger charge is -2.38. The lowest BCUT2D eigenvalue weighted by Crippen LogP contribution is -2.52. The molecule has 54 heavy (non-hydrogen) atoms. The molecule has 1 spiro atoms. The van der Waals surface area contributed by atoms with Gasteiger partial charge in [-0.1, -0.05) is 53.5 Å². The number of anilines is 1. The number of aromatic nitrogens is 3. The fourth-order valence-corrected chi connectivity index (χ4v) is 15.3. The molecule has 12 heteroatoms. The molecule has 2 atom stereocenters. The molecule has 4 aliphatic rings. The number of phenolic OH excluding ortho intramolecular Hbond substituents is 1. The van der Waals surface area contributed by atoms with Gasteiger partial charge in [0.05, 0.1) is 16.5 Å². The van der Waals surface area contributed by atoms with Gasteiger partial charge in [0, 0.05) is 55.3 Å². The zero-order valence-electron chi connectivity index (χ0n) is 32.2. The molecule has 0 amide bonds. The summed E-state index contributed by atoms with van der Waals surface area (Å²) in [6.07, 6.45) is 4.93. The van der Waals surface area contributed by atoms with Gasteiger partial charge >= 0.3 is 6.01 Å². The SMILES string of the molecule is CC(C)[Si](C#Cc1c(F)ccc2cc(O)cc(-c3ncc4c(N5CCNC6(CC6)C5)nc(OC[C@@]56CCCN5C[C@H](F)C6)nc4c3F)c12)(C(C)C)C(C)C. The van der Waals surface area contributed by atoms with Gasteiger partial charge in [-0.3, -0.25) is 9.88 Å². The summed E-state index contributed by atoms with van der Waals surface area (Å²) in [5, 5.41) is 15.9. The van der Waals surface area contributed by atoms with Crippen LogP contribution in [0, 0.1) is 23.1 Å². The topological polar surface area (TPSA) is 86.6 Å². The number of halogens is 3. The van der Waals surface area contributed by atoms with Crippen LogP contribution in [0.3, 0.4) is 0 Å². The number of benzene rings is 2. The normalized spacial score (nSPS) is 22.5. The second kappa shape index (κ2) is 13.7. The van der Waals surface area contributed by atoms with E-state index in [-0.39, 0.29) is 46.2 Å². The number of pyridine rings is 1. The quantitative estimate of drug-likeness (QED) is 0.137. The van der Waals surface area contributed by atoms with Crippen molar-refractivity contribution in [2.45, 2.75) is 108 Å². The highest BCUT2D eigenvalue weighted by molar-refractivity contribution is 6.90. The van der Waals surface area contributed by atoms with Gasteiger partial charge in [-0.25, -0.2) is 13.2 Å². The fourth-order valence-electron chi connectivity index (χ4n) is 10.1. The summed E-state index contributed by atoms with van der Waals surface area (Å²) >= 11 is 0. The van der Waals surface area contributed by atoms with E-state index in [0.717, 1.165) is 38.8 Å². The summed E-state index contributed by atoms with van der Waals surface area (Å²) in [6.45, 7) is 16.7. The first kappa shape index (κ1) is 37.0. The Kier molecular flexibility index (Phi) is 9.38. The van der Waals surface area contributed by atoms with Crippen LogP contribution in [0.1, 0.15) is 79.2 Å². The van der Waals surface area contributed by atoms with Crippen molar-refractivity contribution < 1.29 is 23.0 Å².